The third kappa shape index (κ3) is 7.99. The highest BCUT2D eigenvalue weighted by molar-refractivity contribution is 7.92. The number of anilines is 1. The molecule has 4 rings (SSSR count). The third-order valence-electron chi connectivity index (χ3n) is 6.71. The zero-order chi connectivity index (χ0) is 33.1. The van der Waals surface area contributed by atoms with Crippen molar-refractivity contribution in [1.29, 1.82) is 0 Å². The molecule has 0 saturated carbocycles. The number of hydrogen-bond acceptors (Lipinski definition) is 10. The number of rotatable bonds is 15. The molecule has 4 aromatic carbocycles. The molecule has 13 heteroatoms. The van der Waals surface area contributed by atoms with Gasteiger partial charge in [0.15, 0.2) is 23.0 Å². The number of amides is 1. The fraction of sp³-hybridized carbons (Fsp3) is 0.212. The van der Waals surface area contributed by atoms with E-state index in [1.54, 1.807) is 30.3 Å². The Morgan fingerprint density at radius 1 is 0.739 bits per heavy atom. The number of carbonyl (C=O) groups is 1. The van der Waals surface area contributed by atoms with Gasteiger partial charge < -0.3 is 28.4 Å². The molecular formula is C33H35N3O9S. The minimum absolute atomic E-state index is 0.0755. The molecule has 0 fully saturated rings. The van der Waals surface area contributed by atoms with Gasteiger partial charge in [-0.2, -0.15) is 5.10 Å². The molecule has 0 aliphatic rings. The molecule has 0 bridgehead atoms. The molecule has 0 unspecified atom stereocenters. The number of ether oxygens (including phenoxy) is 6. The van der Waals surface area contributed by atoms with Crippen molar-refractivity contribution in [2.24, 2.45) is 5.10 Å². The molecule has 4 aromatic rings. The molecule has 0 aliphatic heterocycles. The van der Waals surface area contributed by atoms with Crippen molar-refractivity contribution >= 4 is 27.8 Å². The molecule has 0 aromatic heterocycles. The van der Waals surface area contributed by atoms with Gasteiger partial charge in [0.25, 0.3) is 15.9 Å². The highest BCUT2D eigenvalue weighted by Crippen LogP contribution is 2.37. The zero-order valence-corrected chi connectivity index (χ0v) is 26.9. The standard InChI is InChI=1S/C33H35N3O9S/c1-40-25-12-15-28(41-2)27(18-25)36(46(38,39)26-13-16-29(42-3)32(19-26)44-5)21-33(37)35-34-20-24-11-14-30(31(17-24)43-4)45-22-23-9-7-6-8-10-23/h6-20H,21-22H2,1-5H3,(H,35,37)/b34-20-. The lowest BCUT2D eigenvalue weighted by Crippen LogP contribution is -2.39. The van der Waals surface area contributed by atoms with Crippen molar-refractivity contribution in [1.82, 2.24) is 5.43 Å². The van der Waals surface area contributed by atoms with Crippen LogP contribution in [0, 0.1) is 0 Å². The summed E-state index contributed by atoms with van der Waals surface area (Å²) in [6, 6.07) is 23.6. The largest absolute Gasteiger partial charge is 0.497 e. The van der Waals surface area contributed by atoms with Crippen molar-refractivity contribution in [2.75, 3.05) is 46.4 Å². The first kappa shape index (κ1) is 33.5. The molecule has 0 aliphatic carbocycles. The number of carbonyl (C=O) groups excluding carboxylic acids is 1. The van der Waals surface area contributed by atoms with Crippen molar-refractivity contribution < 1.29 is 41.6 Å². The molecule has 0 radical (unpaired) electrons. The first-order valence-corrected chi connectivity index (χ1v) is 15.3. The van der Waals surface area contributed by atoms with Gasteiger partial charge in [-0.25, -0.2) is 13.8 Å². The Balaban J connectivity index is 1.57. The second-order valence-electron chi connectivity index (χ2n) is 9.54. The van der Waals surface area contributed by atoms with Gasteiger partial charge in [-0.15, -0.1) is 0 Å². The van der Waals surface area contributed by atoms with Gasteiger partial charge in [0.1, 0.15) is 24.7 Å². The first-order chi connectivity index (χ1) is 22.2. The Morgan fingerprint density at radius 2 is 1.39 bits per heavy atom. The number of methoxy groups -OCH3 is 5. The van der Waals surface area contributed by atoms with Crippen LogP contribution in [-0.4, -0.2) is 62.6 Å². The van der Waals surface area contributed by atoms with Crippen LogP contribution < -0.4 is 38.2 Å². The summed E-state index contributed by atoms with van der Waals surface area (Å²) in [5.74, 6) is 1.38. The summed E-state index contributed by atoms with van der Waals surface area (Å²) < 4.78 is 61.6. The normalized spacial score (nSPS) is 11.1. The molecule has 0 saturated heterocycles. The van der Waals surface area contributed by atoms with Gasteiger partial charge in [-0.1, -0.05) is 30.3 Å². The third-order valence-corrected chi connectivity index (χ3v) is 8.47. The number of nitrogens with zero attached hydrogens (tertiary/aromatic N) is 2. The molecule has 0 heterocycles. The predicted octanol–water partition coefficient (Wildman–Crippen LogP) is 4.65. The van der Waals surface area contributed by atoms with E-state index in [4.69, 9.17) is 28.4 Å². The number of hydrazone groups is 1. The van der Waals surface area contributed by atoms with Crippen LogP contribution in [0.5, 0.6) is 34.5 Å². The maximum atomic E-state index is 14.0. The van der Waals surface area contributed by atoms with Gasteiger partial charge in [-0.3, -0.25) is 9.10 Å². The number of benzene rings is 4. The van der Waals surface area contributed by atoms with E-state index < -0.39 is 22.5 Å². The molecule has 12 nitrogen and oxygen atoms in total. The van der Waals surface area contributed by atoms with E-state index in [0.29, 0.717) is 35.2 Å². The lowest BCUT2D eigenvalue weighted by Gasteiger charge is -2.26. The summed E-state index contributed by atoms with van der Waals surface area (Å²) in [5, 5.41) is 4.03. The predicted molar refractivity (Wildman–Crippen MR) is 173 cm³/mol. The smallest absolute Gasteiger partial charge is 0.265 e. The average Bonchev–Trinajstić information content (AvgIpc) is 3.09. The maximum Gasteiger partial charge on any atom is 0.265 e. The molecule has 1 N–H and O–H groups in total. The van der Waals surface area contributed by atoms with E-state index in [2.05, 4.69) is 10.5 Å². The van der Waals surface area contributed by atoms with Gasteiger partial charge in [0, 0.05) is 12.1 Å². The van der Waals surface area contributed by atoms with E-state index in [9.17, 15) is 13.2 Å². The fourth-order valence-corrected chi connectivity index (χ4v) is 5.80. The van der Waals surface area contributed by atoms with Gasteiger partial charge in [-0.05, 0) is 53.6 Å². The Kier molecular flexibility index (Phi) is 11.3. The van der Waals surface area contributed by atoms with Crippen molar-refractivity contribution in [3.8, 4) is 34.5 Å². The highest BCUT2D eigenvalue weighted by atomic mass is 32.2. The van der Waals surface area contributed by atoms with Gasteiger partial charge in [0.05, 0.1) is 52.3 Å². The average molecular weight is 650 g/mol. The second-order valence-corrected chi connectivity index (χ2v) is 11.4. The van der Waals surface area contributed by atoms with E-state index in [1.165, 1.54) is 66.0 Å². The van der Waals surface area contributed by atoms with Crippen molar-refractivity contribution in [2.45, 2.75) is 11.5 Å². The van der Waals surface area contributed by atoms with Crippen molar-refractivity contribution in [3.05, 3.63) is 96.1 Å². The summed E-state index contributed by atoms with van der Waals surface area (Å²) >= 11 is 0. The van der Waals surface area contributed by atoms with Crippen LogP contribution in [0.1, 0.15) is 11.1 Å². The fourth-order valence-electron chi connectivity index (χ4n) is 4.36. The lowest BCUT2D eigenvalue weighted by molar-refractivity contribution is -0.119. The summed E-state index contributed by atoms with van der Waals surface area (Å²) in [7, 11) is 2.82. The Morgan fingerprint density at radius 3 is 2.07 bits per heavy atom. The summed E-state index contributed by atoms with van der Waals surface area (Å²) in [4.78, 5) is 13.0. The minimum Gasteiger partial charge on any atom is -0.497 e. The highest BCUT2D eigenvalue weighted by Gasteiger charge is 2.31. The monoisotopic (exact) mass is 649 g/mol. The van der Waals surface area contributed by atoms with Crippen LogP contribution in [0.15, 0.2) is 94.9 Å². The number of nitrogens with one attached hydrogen (secondary N) is 1. The summed E-state index contributed by atoms with van der Waals surface area (Å²) in [6.45, 7) is -0.283. The maximum absolute atomic E-state index is 14.0. The minimum atomic E-state index is -4.36. The molecular weight excluding hydrogens is 614 g/mol. The lowest BCUT2D eigenvalue weighted by atomic mass is 10.2. The van der Waals surface area contributed by atoms with E-state index in [-0.39, 0.29) is 22.1 Å². The van der Waals surface area contributed by atoms with E-state index >= 15 is 0 Å². The van der Waals surface area contributed by atoms with Crippen LogP contribution in [-0.2, 0) is 21.4 Å². The number of sulfonamides is 1. The zero-order valence-electron chi connectivity index (χ0n) is 26.1. The molecule has 46 heavy (non-hydrogen) atoms. The topological polar surface area (TPSA) is 134 Å². The van der Waals surface area contributed by atoms with Crippen LogP contribution in [0.3, 0.4) is 0 Å². The van der Waals surface area contributed by atoms with Crippen LogP contribution in [0.4, 0.5) is 5.69 Å². The number of hydrogen-bond donors (Lipinski definition) is 1. The van der Waals surface area contributed by atoms with Gasteiger partial charge in [0.2, 0.25) is 0 Å². The second kappa shape index (κ2) is 15.5. The summed E-state index contributed by atoms with van der Waals surface area (Å²) in [6.07, 6.45) is 1.40. The van der Waals surface area contributed by atoms with Crippen LogP contribution in [0.25, 0.3) is 0 Å². The summed E-state index contributed by atoms with van der Waals surface area (Å²) in [5.41, 5.74) is 4.08. The Hall–Kier alpha value is -5.43. The van der Waals surface area contributed by atoms with Crippen molar-refractivity contribution in [3.63, 3.8) is 0 Å². The SMILES string of the molecule is COc1ccc(OC)c(N(CC(=O)N/N=C\c2ccc(OCc3ccccc3)c(OC)c2)S(=O)(=O)c2ccc(OC)c(OC)c2)c1. The Labute approximate surface area is 268 Å². The van der Waals surface area contributed by atoms with Gasteiger partial charge >= 0.3 is 0 Å². The molecule has 0 spiro atoms. The molecule has 1 amide bonds. The van der Waals surface area contributed by atoms with E-state index in [0.717, 1.165) is 9.87 Å². The van der Waals surface area contributed by atoms with Crippen LogP contribution >= 0.6 is 0 Å². The molecule has 0 atom stereocenters. The first-order valence-electron chi connectivity index (χ1n) is 13.9. The molecule has 242 valence electrons. The van der Waals surface area contributed by atoms with Crippen LogP contribution in [0.2, 0.25) is 0 Å². The quantitative estimate of drug-likeness (QED) is 0.144. The Bertz CT molecular complexity index is 1780. The van der Waals surface area contributed by atoms with E-state index in [1.807, 2.05) is 30.3 Å².